The van der Waals surface area contributed by atoms with Crippen molar-refractivity contribution in [1.82, 2.24) is 20.5 Å². The van der Waals surface area contributed by atoms with Crippen LogP contribution >= 0.6 is 11.3 Å². The molecule has 2 heterocycles. The van der Waals surface area contributed by atoms with Crippen LogP contribution in [0.25, 0.3) is 0 Å². The first-order valence-electron chi connectivity index (χ1n) is 8.91. The molecule has 25 heavy (non-hydrogen) atoms. The van der Waals surface area contributed by atoms with Gasteiger partial charge in [0.15, 0.2) is 0 Å². The Morgan fingerprint density at radius 3 is 2.88 bits per heavy atom. The first-order chi connectivity index (χ1) is 12.1. The fourth-order valence-electron chi connectivity index (χ4n) is 3.30. The summed E-state index contributed by atoms with van der Waals surface area (Å²) >= 11 is 1.59. The second-order valence-electron chi connectivity index (χ2n) is 6.62. The van der Waals surface area contributed by atoms with E-state index in [0.717, 1.165) is 5.01 Å². The highest BCUT2D eigenvalue weighted by Crippen LogP contribution is 2.32. The second kappa shape index (κ2) is 8.42. The van der Waals surface area contributed by atoms with Crippen molar-refractivity contribution in [3.05, 3.63) is 16.1 Å². The number of nitrogens with one attached hydrogen (secondary N) is 2. The van der Waals surface area contributed by atoms with E-state index in [9.17, 15) is 14.4 Å². The molecule has 8 heteroatoms. The van der Waals surface area contributed by atoms with Crippen LogP contribution in [0.3, 0.4) is 0 Å². The summed E-state index contributed by atoms with van der Waals surface area (Å²) in [5.74, 6) is 0.206. The minimum atomic E-state index is -0.416. The van der Waals surface area contributed by atoms with Gasteiger partial charge in [-0.1, -0.05) is 19.3 Å². The van der Waals surface area contributed by atoms with Gasteiger partial charge >= 0.3 is 6.03 Å². The first kappa shape index (κ1) is 17.8. The Bertz CT molecular complexity index is 640. The molecular formula is C17H24N4O3S. The van der Waals surface area contributed by atoms with Crippen molar-refractivity contribution in [3.8, 4) is 0 Å². The summed E-state index contributed by atoms with van der Waals surface area (Å²) < 4.78 is 0. The Hall–Kier alpha value is -1.96. The van der Waals surface area contributed by atoms with Gasteiger partial charge in [0, 0.05) is 37.2 Å². The van der Waals surface area contributed by atoms with Crippen LogP contribution in [0.4, 0.5) is 4.79 Å². The summed E-state index contributed by atoms with van der Waals surface area (Å²) in [6, 6.07) is -0.416. The van der Waals surface area contributed by atoms with E-state index in [0.29, 0.717) is 25.6 Å². The van der Waals surface area contributed by atoms with E-state index in [1.54, 1.807) is 11.3 Å². The molecule has 1 aromatic heterocycles. The third kappa shape index (κ3) is 5.01. The number of aromatic nitrogens is 1. The average Bonchev–Trinajstić information content (AvgIpc) is 3.09. The number of hydrogen-bond donors (Lipinski definition) is 2. The highest BCUT2D eigenvalue weighted by atomic mass is 32.1. The lowest BCUT2D eigenvalue weighted by Gasteiger charge is -2.26. The summed E-state index contributed by atoms with van der Waals surface area (Å²) in [7, 11) is 0. The molecule has 0 atom stereocenters. The lowest BCUT2D eigenvalue weighted by molar-refractivity contribution is -0.121. The molecule has 7 nitrogen and oxygen atoms in total. The van der Waals surface area contributed by atoms with E-state index in [-0.39, 0.29) is 24.7 Å². The van der Waals surface area contributed by atoms with Crippen LogP contribution in [0.15, 0.2) is 5.38 Å². The topological polar surface area (TPSA) is 91.4 Å². The smallest absolute Gasteiger partial charge is 0.324 e. The molecule has 2 N–H and O–H groups in total. The molecule has 0 spiro atoms. The molecule has 0 unspecified atom stereocenters. The minimum Gasteiger partial charge on any atom is -0.350 e. The SMILES string of the molecule is O=C(CCN1CCC(=O)NC1=O)NCc1nc(C2CCCCC2)cs1. The number of thiazole rings is 1. The Kier molecular flexibility index (Phi) is 6.01. The summed E-state index contributed by atoms with van der Waals surface area (Å²) in [6.07, 6.45) is 6.84. The maximum atomic E-state index is 12.0. The molecule has 3 rings (SSSR count). The fourth-order valence-corrected chi connectivity index (χ4v) is 4.12. The summed E-state index contributed by atoms with van der Waals surface area (Å²) in [6.45, 7) is 1.12. The van der Waals surface area contributed by atoms with Crippen LogP contribution in [0.1, 0.15) is 61.6 Å². The Labute approximate surface area is 151 Å². The van der Waals surface area contributed by atoms with Crippen molar-refractivity contribution in [1.29, 1.82) is 0 Å². The zero-order valence-corrected chi connectivity index (χ0v) is 15.1. The third-order valence-corrected chi connectivity index (χ3v) is 5.65. The summed E-state index contributed by atoms with van der Waals surface area (Å²) in [5, 5.41) is 8.16. The van der Waals surface area contributed by atoms with Gasteiger partial charge in [0.2, 0.25) is 11.8 Å². The molecule has 136 valence electrons. The number of rotatable bonds is 6. The maximum absolute atomic E-state index is 12.0. The molecule has 4 amide bonds. The van der Waals surface area contributed by atoms with E-state index in [1.807, 2.05) is 0 Å². The predicted molar refractivity (Wildman–Crippen MR) is 94.1 cm³/mol. The van der Waals surface area contributed by atoms with Gasteiger partial charge in [0.1, 0.15) is 5.01 Å². The molecule has 2 aliphatic rings. The van der Waals surface area contributed by atoms with Crippen molar-refractivity contribution >= 4 is 29.2 Å². The van der Waals surface area contributed by atoms with Crippen LogP contribution in [0.2, 0.25) is 0 Å². The Morgan fingerprint density at radius 1 is 1.32 bits per heavy atom. The van der Waals surface area contributed by atoms with Gasteiger partial charge < -0.3 is 10.2 Å². The number of nitrogens with zero attached hydrogens (tertiary/aromatic N) is 2. The minimum absolute atomic E-state index is 0.112. The van der Waals surface area contributed by atoms with E-state index in [2.05, 4.69) is 21.0 Å². The molecule has 0 aromatic carbocycles. The molecular weight excluding hydrogens is 340 g/mol. The van der Waals surface area contributed by atoms with Crippen LogP contribution in [-0.2, 0) is 16.1 Å². The quantitative estimate of drug-likeness (QED) is 0.809. The molecule has 1 aliphatic carbocycles. The number of carbonyl (C=O) groups is 3. The lowest BCUT2D eigenvalue weighted by atomic mass is 9.87. The zero-order chi connectivity index (χ0) is 17.6. The van der Waals surface area contributed by atoms with Gasteiger partial charge in [-0.25, -0.2) is 9.78 Å². The van der Waals surface area contributed by atoms with Crippen molar-refractivity contribution in [3.63, 3.8) is 0 Å². The first-order valence-corrected chi connectivity index (χ1v) is 9.79. The van der Waals surface area contributed by atoms with Crippen molar-refractivity contribution < 1.29 is 14.4 Å². The Morgan fingerprint density at radius 2 is 2.12 bits per heavy atom. The van der Waals surface area contributed by atoms with E-state index >= 15 is 0 Å². The van der Waals surface area contributed by atoms with Crippen molar-refractivity contribution in [2.45, 2.75) is 57.4 Å². The van der Waals surface area contributed by atoms with Crippen LogP contribution in [-0.4, -0.2) is 40.8 Å². The van der Waals surface area contributed by atoms with Gasteiger partial charge in [0.25, 0.3) is 0 Å². The molecule has 1 aliphatic heterocycles. The van der Waals surface area contributed by atoms with Gasteiger partial charge in [-0.05, 0) is 12.8 Å². The van der Waals surface area contributed by atoms with Crippen molar-refractivity contribution in [2.24, 2.45) is 0 Å². The lowest BCUT2D eigenvalue weighted by Crippen LogP contribution is -2.50. The summed E-state index contributed by atoms with van der Waals surface area (Å²) in [5.41, 5.74) is 1.17. The normalized spacial score (nSPS) is 19.0. The zero-order valence-electron chi connectivity index (χ0n) is 14.3. The van der Waals surface area contributed by atoms with Crippen LogP contribution in [0, 0.1) is 0 Å². The highest BCUT2D eigenvalue weighted by Gasteiger charge is 2.23. The maximum Gasteiger partial charge on any atom is 0.324 e. The van der Waals surface area contributed by atoms with E-state index in [1.165, 1.54) is 42.7 Å². The predicted octanol–water partition coefficient (Wildman–Crippen LogP) is 2.14. The Balaban J connectivity index is 1.39. The molecule has 1 saturated heterocycles. The van der Waals surface area contributed by atoms with Crippen LogP contribution < -0.4 is 10.6 Å². The van der Waals surface area contributed by atoms with Crippen molar-refractivity contribution in [2.75, 3.05) is 13.1 Å². The second-order valence-corrected chi connectivity index (χ2v) is 7.56. The standard InChI is InChI=1S/C17H24N4O3S/c22-14(6-8-21-9-7-15(23)20-17(21)24)18-10-16-19-13(11-25-16)12-4-2-1-3-5-12/h11-12H,1-10H2,(H,18,22)(H,20,23,24). The van der Waals surface area contributed by atoms with Gasteiger partial charge in [0.05, 0.1) is 12.2 Å². The molecule has 2 fully saturated rings. The van der Waals surface area contributed by atoms with E-state index in [4.69, 9.17) is 0 Å². The number of imide groups is 1. The molecule has 1 aromatic rings. The average molecular weight is 364 g/mol. The molecule has 1 saturated carbocycles. The van der Waals surface area contributed by atoms with Gasteiger partial charge in [-0.2, -0.15) is 0 Å². The van der Waals surface area contributed by atoms with Gasteiger partial charge in [-0.3, -0.25) is 14.9 Å². The summed E-state index contributed by atoms with van der Waals surface area (Å²) in [4.78, 5) is 40.8. The number of carbonyl (C=O) groups excluding carboxylic acids is 3. The van der Waals surface area contributed by atoms with Crippen LogP contribution in [0.5, 0.6) is 0 Å². The molecule has 0 bridgehead atoms. The van der Waals surface area contributed by atoms with E-state index < -0.39 is 6.03 Å². The van der Waals surface area contributed by atoms with Gasteiger partial charge in [-0.15, -0.1) is 11.3 Å². The molecule has 0 radical (unpaired) electrons. The fraction of sp³-hybridized carbons (Fsp3) is 0.647. The third-order valence-electron chi connectivity index (χ3n) is 4.78. The monoisotopic (exact) mass is 364 g/mol. The number of urea groups is 1. The number of amides is 4. The number of hydrogen-bond acceptors (Lipinski definition) is 5. The largest absolute Gasteiger partial charge is 0.350 e. The highest BCUT2D eigenvalue weighted by molar-refractivity contribution is 7.09.